The van der Waals surface area contributed by atoms with Crippen molar-refractivity contribution in [3.8, 4) is 5.75 Å². The molecular weight excluding hydrogens is 284 g/mol. The third-order valence-electron chi connectivity index (χ3n) is 2.86. The van der Waals surface area contributed by atoms with Crippen LogP contribution in [0.4, 0.5) is 10.5 Å². The largest absolute Gasteiger partial charge is 0.495 e. The zero-order valence-electron chi connectivity index (χ0n) is 11.5. The average molecular weight is 301 g/mol. The van der Waals surface area contributed by atoms with Gasteiger partial charge in [-0.25, -0.2) is 9.59 Å². The molecule has 0 radical (unpaired) electrons. The molecule has 0 aliphatic rings. The molecule has 7 heteroatoms. The Labute approximate surface area is 122 Å². The van der Waals surface area contributed by atoms with Crippen LogP contribution in [0.2, 0.25) is 5.02 Å². The van der Waals surface area contributed by atoms with Gasteiger partial charge in [0.15, 0.2) is 0 Å². The van der Waals surface area contributed by atoms with E-state index in [2.05, 4.69) is 5.32 Å². The molecule has 0 saturated heterocycles. The number of rotatable bonds is 5. The summed E-state index contributed by atoms with van der Waals surface area (Å²) in [6.45, 7) is 1.70. The van der Waals surface area contributed by atoms with Crippen LogP contribution in [0.25, 0.3) is 0 Å². The van der Waals surface area contributed by atoms with Crippen LogP contribution in [0.15, 0.2) is 18.2 Å². The van der Waals surface area contributed by atoms with Crippen molar-refractivity contribution in [3.63, 3.8) is 0 Å². The number of halogens is 1. The van der Waals surface area contributed by atoms with Crippen molar-refractivity contribution in [1.82, 2.24) is 4.90 Å². The molecule has 0 fully saturated rings. The number of carbonyl (C=O) groups excluding carboxylic acids is 1. The van der Waals surface area contributed by atoms with Gasteiger partial charge in [0.05, 0.1) is 12.8 Å². The molecule has 0 spiro atoms. The van der Waals surface area contributed by atoms with Gasteiger partial charge in [-0.15, -0.1) is 0 Å². The Hall–Kier alpha value is -1.95. The molecule has 20 heavy (non-hydrogen) atoms. The highest BCUT2D eigenvalue weighted by atomic mass is 35.5. The second-order valence-electron chi connectivity index (χ2n) is 4.15. The molecule has 110 valence electrons. The SMILES string of the molecule is CCC(C(=O)O)N(C)C(=O)Nc1cc(Cl)ccc1OC. The van der Waals surface area contributed by atoms with Gasteiger partial charge in [-0.2, -0.15) is 0 Å². The molecule has 1 aromatic rings. The van der Waals surface area contributed by atoms with E-state index >= 15 is 0 Å². The number of methoxy groups -OCH3 is 1. The van der Waals surface area contributed by atoms with Gasteiger partial charge < -0.3 is 20.1 Å². The van der Waals surface area contributed by atoms with Gasteiger partial charge in [0.25, 0.3) is 0 Å². The molecule has 2 N–H and O–H groups in total. The lowest BCUT2D eigenvalue weighted by Gasteiger charge is -2.24. The van der Waals surface area contributed by atoms with E-state index in [9.17, 15) is 9.59 Å². The van der Waals surface area contributed by atoms with Crippen molar-refractivity contribution < 1.29 is 19.4 Å². The summed E-state index contributed by atoms with van der Waals surface area (Å²) in [6, 6.07) is 3.35. The molecule has 0 aromatic heterocycles. The van der Waals surface area contributed by atoms with Crippen LogP contribution in [0.5, 0.6) is 5.75 Å². The number of nitrogens with one attached hydrogen (secondary N) is 1. The molecule has 6 nitrogen and oxygen atoms in total. The first-order valence-electron chi connectivity index (χ1n) is 6.00. The van der Waals surface area contributed by atoms with E-state index in [-0.39, 0.29) is 0 Å². The fourth-order valence-electron chi connectivity index (χ4n) is 1.74. The Morgan fingerprint density at radius 2 is 2.15 bits per heavy atom. The number of carboxylic acid groups (broad SMARTS) is 1. The van der Waals surface area contributed by atoms with E-state index in [1.165, 1.54) is 20.2 Å². The Morgan fingerprint density at radius 3 is 2.65 bits per heavy atom. The second kappa shape index (κ2) is 7.00. The van der Waals surface area contributed by atoms with E-state index < -0.39 is 18.0 Å². The molecule has 0 bridgehead atoms. The molecule has 0 aliphatic carbocycles. The zero-order valence-corrected chi connectivity index (χ0v) is 12.3. The normalized spacial score (nSPS) is 11.6. The summed E-state index contributed by atoms with van der Waals surface area (Å²) >= 11 is 5.86. The maximum Gasteiger partial charge on any atom is 0.326 e. The van der Waals surface area contributed by atoms with Crippen molar-refractivity contribution in [2.75, 3.05) is 19.5 Å². The van der Waals surface area contributed by atoms with Gasteiger partial charge in [-0.1, -0.05) is 18.5 Å². The lowest BCUT2D eigenvalue weighted by atomic mass is 10.2. The molecular formula is C13H17ClN2O4. The van der Waals surface area contributed by atoms with Crippen LogP contribution in [-0.2, 0) is 4.79 Å². The smallest absolute Gasteiger partial charge is 0.326 e. The second-order valence-corrected chi connectivity index (χ2v) is 4.58. The zero-order chi connectivity index (χ0) is 15.3. The first-order chi connectivity index (χ1) is 9.40. The van der Waals surface area contributed by atoms with Crippen LogP contribution in [0.1, 0.15) is 13.3 Å². The number of hydrogen-bond donors (Lipinski definition) is 2. The van der Waals surface area contributed by atoms with Crippen molar-refractivity contribution >= 4 is 29.3 Å². The molecule has 1 atom stereocenters. The summed E-state index contributed by atoms with van der Waals surface area (Å²) in [7, 11) is 2.89. The van der Waals surface area contributed by atoms with Crippen molar-refractivity contribution in [1.29, 1.82) is 0 Å². The average Bonchev–Trinajstić information content (AvgIpc) is 2.39. The van der Waals surface area contributed by atoms with Crippen molar-refractivity contribution in [2.45, 2.75) is 19.4 Å². The number of carbonyl (C=O) groups is 2. The quantitative estimate of drug-likeness (QED) is 0.876. The first kappa shape index (κ1) is 16.1. The van der Waals surface area contributed by atoms with Crippen LogP contribution in [0, 0.1) is 0 Å². The lowest BCUT2D eigenvalue weighted by Crippen LogP contribution is -2.44. The van der Waals surface area contributed by atoms with Gasteiger partial charge in [-0.05, 0) is 24.6 Å². The summed E-state index contributed by atoms with van der Waals surface area (Å²) in [4.78, 5) is 24.2. The van der Waals surface area contributed by atoms with Gasteiger partial charge in [0.1, 0.15) is 11.8 Å². The predicted molar refractivity (Wildman–Crippen MR) is 76.5 cm³/mol. The summed E-state index contributed by atoms with van der Waals surface area (Å²) in [5.74, 6) is -0.609. The van der Waals surface area contributed by atoms with E-state index in [4.69, 9.17) is 21.4 Å². The van der Waals surface area contributed by atoms with Gasteiger partial charge >= 0.3 is 12.0 Å². The Bertz CT molecular complexity index is 507. The fourth-order valence-corrected chi connectivity index (χ4v) is 1.91. The fraction of sp³-hybridized carbons (Fsp3) is 0.385. The highest BCUT2D eigenvalue weighted by molar-refractivity contribution is 6.31. The van der Waals surface area contributed by atoms with E-state index in [0.717, 1.165) is 4.90 Å². The van der Waals surface area contributed by atoms with Crippen LogP contribution in [-0.4, -0.2) is 42.2 Å². The number of likely N-dealkylation sites (N-methyl/N-ethyl adjacent to an activating group) is 1. The maximum absolute atomic E-state index is 12.0. The highest BCUT2D eigenvalue weighted by Crippen LogP contribution is 2.28. The number of benzene rings is 1. The third-order valence-corrected chi connectivity index (χ3v) is 3.10. The summed E-state index contributed by atoms with van der Waals surface area (Å²) in [5, 5.41) is 12.1. The number of ether oxygens (including phenoxy) is 1. The van der Waals surface area contributed by atoms with E-state index in [1.54, 1.807) is 19.1 Å². The first-order valence-corrected chi connectivity index (χ1v) is 6.38. The third kappa shape index (κ3) is 3.77. The number of amides is 2. The van der Waals surface area contributed by atoms with E-state index in [1.807, 2.05) is 0 Å². The van der Waals surface area contributed by atoms with Gasteiger partial charge in [-0.3, -0.25) is 0 Å². The topological polar surface area (TPSA) is 78.9 Å². The number of hydrogen-bond acceptors (Lipinski definition) is 3. The number of urea groups is 1. The predicted octanol–water partition coefficient (Wildman–Crippen LogP) is 2.68. The molecule has 1 aromatic carbocycles. The Morgan fingerprint density at radius 1 is 1.50 bits per heavy atom. The molecule has 0 heterocycles. The number of anilines is 1. The van der Waals surface area contributed by atoms with Crippen molar-refractivity contribution in [3.05, 3.63) is 23.2 Å². The maximum atomic E-state index is 12.0. The number of nitrogens with zero attached hydrogens (tertiary/aromatic N) is 1. The number of aliphatic carboxylic acids is 1. The minimum absolute atomic E-state index is 0.311. The minimum atomic E-state index is -1.05. The van der Waals surface area contributed by atoms with Crippen LogP contribution in [0.3, 0.4) is 0 Å². The Balaban J connectivity index is 2.90. The molecule has 0 saturated carbocycles. The summed E-state index contributed by atoms with van der Waals surface area (Å²) in [6.07, 6.45) is 0.311. The summed E-state index contributed by atoms with van der Waals surface area (Å²) in [5.41, 5.74) is 0.386. The van der Waals surface area contributed by atoms with Gasteiger partial charge in [0.2, 0.25) is 0 Å². The molecule has 0 aliphatic heterocycles. The van der Waals surface area contributed by atoms with E-state index in [0.29, 0.717) is 22.9 Å². The Kier molecular flexibility index (Phi) is 5.64. The minimum Gasteiger partial charge on any atom is -0.495 e. The standard InChI is InChI=1S/C13H17ClN2O4/c1-4-10(12(17)18)16(2)13(19)15-9-7-8(14)5-6-11(9)20-3/h5-7,10H,4H2,1-3H3,(H,15,19)(H,17,18). The monoisotopic (exact) mass is 300 g/mol. The lowest BCUT2D eigenvalue weighted by molar-refractivity contribution is -0.141. The summed E-state index contributed by atoms with van der Waals surface area (Å²) < 4.78 is 5.11. The van der Waals surface area contributed by atoms with Crippen molar-refractivity contribution in [2.24, 2.45) is 0 Å². The highest BCUT2D eigenvalue weighted by Gasteiger charge is 2.25. The molecule has 2 amide bonds. The number of carboxylic acids is 1. The van der Waals surface area contributed by atoms with Crippen LogP contribution < -0.4 is 10.1 Å². The molecule has 1 unspecified atom stereocenters. The van der Waals surface area contributed by atoms with Crippen LogP contribution >= 0.6 is 11.6 Å². The van der Waals surface area contributed by atoms with Gasteiger partial charge in [0, 0.05) is 12.1 Å². The molecule has 1 rings (SSSR count).